The molecule has 0 radical (unpaired) electrons. The Morgan fingerprint density at radius 2 is 1.76 bits per heavy atom. The quantitative estimate of drug-likeness (QED) is 0.722. The maximum Gasteiger partial charge on any atom is 0.328 e. The van der Waals surface area contributed by atoms with E-state index in [1.807, 2.05) is 6.92 Å². The second-order valence-corrected chi connectivity index (χ2v) is 9.47. The van der Waals surface area contributed by atoms with E-state index in [4.69, 9.17) is 0 Å². The molecule has 0 aromatic heterocycles. The van der Waals surface area contributed by atoms with Crippen LogP contribution in [0.4, 0.5) is 0 Å². The fourth-order valence-electron chi connectivity index (χ4n) is 3.37. The standard InChI is InChI=1S/C16H18N2O6S/c1-8-4-6-9(7-5-8)12(19)17-10-13(20)18-11(15(21)22)16(2,3)25(23,24)14(10)18/h4-7,10-11,14H,1-3H3,(H,17,19)(H,21,22)/t10-,11+,14-/m1/s1. The molecule has 25 heavy (non-hydrogen) atoms. The number of carboxylic acids is 1. The summed E-state index contributed by atoms with van der Waals surface area (Å²) in [4.78, 5) is 36.9. The fourth-order valence-corrected chi connectivity index (χ4v) is 5.59. The van der Waals surface area contributed by atoms with E-state index < -0.39 is 49.8 Å². The van der Waals surface area contributed by atoms with E-state index in [0.717, 1.165) is 10.5 Å². The minimum Gasteiger partial charge on any atom is -0.480 e. The summed E-state index contributed by atoms with van der Waals surface area (Å²) >= 11 is 0. The SMILES string of the molecule is Cc1ccc(C(=O)N[C@@H]2C(=O)N3[C@@H](C(=O)O)C(C)(C)S(=O)(=O)[C@H]23)cc1. The molecule has 1 aromatic carbocycles. The second kappa shape index (κ2) is 5.29. The molecule has 9 heteroatoms. The molecular formula is C16H18N2O6S. The van der Waals surface area contributed by atoms with Crippen LogP contribution in [0.25, 0.3) is 0 Å². The number of hydrogen-bond donors (Lipinski definition) is 2. The van der Waals surface area contributed by atoms with Crippen molar-refractivity contribution in [2.24, 2.45) is 0 Å². The first-order chi connectivity index (χ1) is 11.5. The van der Waals surface area contributed by atoms with Crippen molar-refractivity contribution in [2.75, 3.05) is 0 Å². The van der Waals surface area contributed by atoms with Crippen molar-refractivity contribution in [3.8, 4) is 0 Å². The molecule has 0 saturated carbocycles. The lowest BCUT2D eigenvalue weighted by Crippen LogP contribution is -2.72. The lowest BCUT2D eigenvalue weighted by Gasteiger charge is -2.42. The van der Waals surface area contributed by atoms with Gasteiger partial charge < -0.3 is 15.3 Å². The molecule has 3 atom stereocenters. The second-order valence-electron chi connectivity index (χ2n) is 6.84. The molecule has 8 nitrogen and oxygen atoms in total. The van der Waals surface area contributed by atoms with Gasteiger partial charge in [0.15, 0.2) is 15.2 Å². The van der Waals surface area contributed by atoms with Crippen LogP contribution in [0.2, 0.25) is 0 Å². The van der Waals surface area contributed by atoms with Gasteiger partial charge in [0.1, 0.15) is 16.8 Å². The van der Waals surface area contributed by atoms with Gasteiger partial charge in [-0.2, -0.15) is 0 Å². The van der Waals surface area contributed by atoms with E-state index in [0.29, 0.717) is 5.56 Å². The monoisotopic (exact) mass is 366 g/mol. The molecule has 2 N–H and O–H groups in total. The van der Waals surface area contributed by atoms with Gasteiger partial charge in [-0.3, -0.25) is 9.59 Å². The Kier molecular flexibility index (Phi) is 3.68. The number of rotatable bonds is 3. The average molecular weight is 366 g/mol. The summed E-state index contributed by atoms with van der Waals surface area (Å²) in [6, 6.07) is 3.83. The maximum atomic E-state index is 12.7. The van der Waals surface area contributed by atoms with Gasteiger partial charge in [0, 0.05) is 5.56 Å². The highest BCUT2D eigenvalue weighted by atomic mass is 32.2. The number of nitrogens with zero attached hydrogens (tertiary/aromatic N) is 1. The highest BCUT2D eigenvalue weighted by Crippen LogP contribution is 2.45. The normalized spacial score (nSPS) is 28.8. The van der Waals surface area contributed by atoms with E-state index >= 15 is 0 Å². The lowest BCUT2D eigenvalue weighted by molar-refractivity contribution is -0.159. The number of aliphatic carboxylic acids is 1. The molecule has 0 spiro atoms. The number of sulfone groups is 1. The third-order valence-electron chi connectivity index (χ3n) is 4.90. The molecule has 2 fully saturated rings. The number of β-lactam (4-membered cyclic amide) rings is 1. The Morgan fingerprint density at radius 3 is 2.28 bits per heavy atom. The summed E-state index contributed by atoms with van der Waals surface area (Å²) in [5, 5.41) is 10.4. The summed E-state index contributed by atoms with van der Waals surface area (Å²) in [5.41, 5.74) is 1.24. The Bertz CT molecular complexity index is 874. The largest absolute Gasteiger partial charge is 0.480 e. The minimum atomic E-state index is -3.97. The van der Waals surface area contributed by atoms with Crippen molar-refractivity contribution in [1.29, 1.82) is 0 Å². The maximum absolute atomic E-state index is 12.7. The Morgan fingerprint density at radius 1 is 1.20 bits per heavy atom. The van der Waals surface area contributed by atoms with Crippen LogP contribution in [-0.4, -0.2) is 58.4 Å². The van der Waals surface area contributed by atoms with Crippen molar-refractivity contribution in [1.82, 2.24) is 10.2 Å². The van der Waals surface area contributed by atoms with E-state index in [-0.39, 0.29) is 0 Å². The Labute approximate surface area is 144 Å². The van der Waals surface area contributed by atoms with E-state index in [1.54, 1.807) is 24.3 Å². The van der Waals surface area contributed by atoms with Gasteiger partial charge in [0.2, 0.25) is 5.91 Å². The molecule has 0 bridgehead atoms. The summed E-state index contributed by atoms with van der Waals surface area (Å²) in [7, 11) is -3.97. The summed E-state index contributed by atoms with van der Waals surface area (Å²) < 4.78 is 23.8. The van der Waals surface area contributed by atoms with E-state index in [9.17, 15) is 27.9 Å². The number of carbonyl (C=O) groups excluding carboxylic acids is 2. The first-order valence-corrected chi connectivity index (χ1v) is 9.20. The number of amides is 2. The number of benzene rings is 1. The van der Waals surface area contributed by atoms with Gasteiger partial charge in [-0.25, -0.2) is 13.2 Å². The number of carbonyl (C=O) groups is 3. The van der Waals surface area contributed by atoms with Crippen LogP contribution >= 0.6 is 0 Å². The molecule has 2 aliphatic heterocycles. The predicted molar refractivity (Wildman–Crippen MR) is 87.5 cm³/mol. The minimum absolute atomic E-state index is 0.293. The first kappa shape index (κ1) is 17.4. The van der Waals surface area contributed by atoms with Crippen molar-refractivity contribution >= 4 is 27.6 Å². The van der Waals surface area contributed by atoms with Crippen LogP contribution in [0.1, 0.15) is 29.8 Å². The van der Waals surface area contributed by atoms with Gasteiger partial charge in [-0.15, -0.1) is 0 Å². The number of hydrogen-bond acceptors (Lipinski definition) is 5. The summed E-state index contributed by atoms with van der Waals surface area (Å²) in [6.07, 6.45) is 0. The van der Waals surface area contributed by atoms with Gasteiger partial charge in [0.05, 0.1) is 0 Å². The molecule has 3 rings (SSSR count). The van der Waals surface area contributed by atoms with E-state index in [1.165, 1.54) is 13.8 Å². The number of carboxylic acid groups (broad SMARTS) is 1. The molecular weight excluding hydrogens is 348 g/mol. The van der Waals surface area contributed by atoms with Crippen LogP contribution in [0.5, 0.6) is 0 Å². The van der Waals surface area contributed by atoms with Crippen molar-refractivity contribution in [2.45, 2.75) is 43.0 Å². The smallest absolute Gasteiger partial charge is 0.328 e. The third kappa shape index (κ3) is 2.25. The molecule has 2 amide bonds. The zero-order valence-corrected chi connectivity index (χ0v) is 14.7. The topological polar surface area (TPSA) is 121 Å². The molecule has 0 unspecified atom stereocenters. The van der Waals surface area contributed by atoms with Crippen LogP contribution < -0.4 is 5.32 Å². The number of fused-ring (bicyclic) bond motifs is 1. The lowest BCUT2D eigenvalue weighted by atomic mass is 9.96. The van der Waals surface area contributed by atoms with Gasteiger partial charge in [0.25, 0.3) is 5.91 Å². The highest BCUT2D eigenvalue weighted by molar-refractivity contribution is 7.94. The van der Waals surface area contributed by atoms with Crippen LogP contribution in [-0.2, 0) is 19.4 Å². The highest BCUT2D eigenvalue weighted by Gasteiger charge is 2.72. The summed E-state index contributed by atoms with van der Waals surface area (Å²) in [5.74, 6) is -2.66. The molecule has 0 aliphatic carbocycles. The van der Waals surface area contributed by atoms with Gasteiger partial charge in [-0.1, -0.05) is 17.7 Å². The number of nitrogens with one attached hydrogen (secondary N) is 1. The molecule has 1 aromatic rings. The Hall–Kier alpha value is -2.42. The fraction of sp³-hybridized carbons (Fsp3) is 0.438. The first-order valence-electron chi connectivity index (χ1n) is 7.66. The van der Waals surface area contributed by atoms with Crippen LogP contribution in [0.15, 0.2) is 24.3 Å². The van der Waals surface area contributed by atoms with Crippen LogP contribution in [0, 0.1) is 6.92 Å². The van der Waals surface area contributed by atoms with Crippen molar-refractivity contribution in [3.63, 3.8) is 0 Å². The number of aryl methyl sites for hydroxylation is 1. The van der Waals surface area contributed by atoms with Crippen molar-refractivity contribution < 1.29 is 27.9 Å². The van der Waals surface area contributed by atoms with Gasteiger partial charge in [-0.05, 0) is 32.9 Å². The molecule has 2 saturated heterocycles. The van der Waals surface area contributed by atoms with E-state index in [2.05, 4.69) is 5.32 Å². The predicted octanol–water partition coefficient (Wildman–Crippen LogP) is -0.0781. The molecule has 2 aliphatic rings. The zero-order chi connectivity index (χ0) is 18.7. The summed E-state index contributed by atoms with van der Waals surface area (Å²) in [6.45, 7) is 4.42. The average Bonchev–Trinajstić information content (AvgIpc) is 2.66. The Balaban J connectivity index is 1.89. The zero-order valence-electron chi connectivity index (χ0n) is 13.9. The van der Waals surface area contributed by atoms with Crippen molar-refractivity contribution in [3.05, 3.63) is 35.4 Å². The van der Waals surface area contributed by atoms with Crippen LogP contribution in [0.3, 0.4) is 0 Å². The third-order valence-corrected chi connectivity index (χ3v) is 7.73. The molecule has 134 valence electrons. The van der Waals surface area contributed by atoms with Gasteiger partial charge >= 0.3 is 5.97 Å². The molecule has 2 heterocycles.